The van der Waals surface area contributed by atoms with Crippen LogP contribution in [0.4, 0.5) is 0 Å². The predicted octanol–water partition coefficient (Wildman–Crippen LogP) is -0.640. The van der Waals surface area contributed by atoms with Gasteiger partial charge in [0.25, 0.3) is 0 Å². The zero-order valence-corrected chi connectivity index (χ0v) is 12.6. The van der Waals surface area contributed by atoms with Crippen LogP contribution in [0.15, 0.2) is 49.1 Å². The molecule has 0 aliphatic heterocycles. The first-order valence-electron chi connectivity index (χ1n) is 4.88. The number of carboxylic acid groups (broad SMARTS) is 2. The Bertz CT molecular complexity index is 478. The van der Waals surface area contributed by atoms with Gasteiger partial charge in [0.05, 0.1) is 11.1 Å². The Balaban J connectivity index is -0.0000000771. The van der Waals surface area contributed by atoms with Crippen LogP contribution in [0.5, 0.6) is 0 Å². The fourth-order valence-electron chi connectivity index (χ4n) is 0.989. The van der Waals surface area contributed by atoms with Crippen LogP contribution in [0.3, 0.4) is 0 Å². The van der Waals surface area contributed by atoms with Gasteiger partial charge in [-0.1, -0.05) is 0 Å². The van der Waals surface area contributed by atoms with E-state index in [2.05, 4.69) is 9.97 Å². The van der Waals surface area contributed by atoms with E-state index in [1.807, 2.05) is 0 Å². The maximum atomic E-state index is 10.2. The molecule has 0 aliphatic carbocycles. The van der Waals surface area contributed by atoms with Crippen molar-refractivity contribution in [3.05, 3.63) is 60.2 Å². The fraction of sp³-hybridized carbons (Fsp3) is 0. The fourth-order valence-corrected chi connectivity index (χ4v) is 0.989. The molecule has 0 unspecified atom stereocenters. The average molecular weight is 377 g/mol. The largest absolute Gasteiger partial charge is 2.00 e. The van der Waals surface area contributed by atoms with Crippen molar-refractivity contribution in [3.63, 3.8) is 0 Å². The molecule has 0 spiro atoms. The van der Waals surface area contributed by atoms with Crippen LogP contribution in [0.1, 0.15) is 20.7 Å². The number of aromatic carboxylic acids is 2. The van der Waals surface area contributed by atoms with Crippen molar-refractivity contribution in [2.24, 2.45) is 0 Å². The van der Waals surface area contributed by atoms with E-state index in [0.29, 0.717) is 0 Å². The zero-order valence-electron chi connectivity index (χ0n) is 11.6. The first-order valence-corrected chi connectivity index (χ1v) is 4.88. The minimum atomic E-state index is -0.919. The molecular formula is C12H18N2NiO8+2. The summed E-state index contributed by atoms with van der Waals surface area (Å²) >= 11 is 0. The second-order valence-electron chi connectivity index (χ2n) is 3.08. The summed E-state index contributed by atoms with van der Waals surface area (Å²) in [5.74, 6) is -1.84. The Labute approximate surface area is 141 Å². The number of pyridine rings is 2. The minimum Gasteiger partial charge on any atom is -0.870 e. The van der Waals surface area contributed by atoms with Crippen molar-refractivity contribution in [1.29, 1.82) is 0 Å². The number of rotatable bonds is 2. The number of carbonyl (C=O) groups is 2. The van der Waals surface area contributed by atoms with Crippen molar-refractivity contribution in [2.75, 3.05) is 0 Å². The summed E-state index contributed by atoms with van der Waals surface area (Å²) in [7, 11) is 0. The van der Waals surface area contributed by atoms with Crippen LogP contribution in [0.2, 0.25) is 0 Å². The first-order chi connectivity index (χ1) is 8.61. The topological polar surface area (TPSA) is 226 Å². The van der Waals surface area contributed by atoms with Gasteiger partial charge in [0, 0.05) is 24.8 Å². The molecule has 0 amide bonds. The molecule has 0 bridgehead atoms. The van der Waals surface area contributed by atoms with E-state index in [1.165, 1.54) is 49.1 Å². The number of nitrogens with zero attached hydrogens (tertiary/aromatic N) is 2. The van der Waals surface area contributed by atoms with Gasteiger partial charge >= 0.3 is 28.4 Å². The molecule has 0 saturated heterocycles. The molecule has 23 heavy (non-hydrogen) atoms. The van der Waals surface area contributed by atoms with E-state index in [0.717, 1.165) is 0 Å². The van der Waals surface area contributed by atoms with Crippen LogP contribution in [-0.2, 0) is 27.4 Å². The summed E-state index contributed by atoms with van der Waals surface area (Å²) < 4.78 is 0. The standard InChI is InChI=1S/2C6H5NO2.Ni.4H2O/c2*8-6(9)5-1-3-7-4-2-5;;;;;/h2*1-4H,(H,8,9);;4*1H2/q;;+2;;;;. The zero-order chi connectivity index (χ0) is 13.4. The second kappa shape index (κ2) is 17.6. The van der Waals surface area contributed by atoms with E-state index >= 15 is 0 Å². The van der Waals surface area contributed by atoms with Gasteiger partial charge in [-0.2, -0.15) is 0 Å². The predicted molar refractivity (Wildman–Crippen MR) is 76.0 cm³/mol. The Morgan fingerprint density at radius 1 is 0.696 bits per heavy atom. The van der Waals surface area contributed by atoms with Crippen molar-refractivity contribution in [3.8, 4) is 0 Å². The molecule has 0 saturated carbocycles. The minimum absolute atomic E-state index is 0. The third kappa shape index (κ3) is 13.0. The Hall–Kier alpha value is -2.43. The molecule has 2 aromatic rings. The summed E-state index contributed by atoms with van der Waals surface area (Å²) in [6.07, 6.45) is 5.79. The van der Waals surface area contributed by atoms with Gasteiger partial charge < -0.3 is 32.1 Å². The first kappa shape index (κ1) is 32.5. The van der Waals surface area contributed by atoms with Gasteiger partial charge in [-0.05, 0) is 24.3 Å². The summed E-state index contributed by atoms with van der Waals surface area (Å²) in [5.41, 5.74) is 0.537. The Kier molecular flexibility index (Phi) is 24.9. The Morgan fingerprint density at radius 3 is 1.04 bits per heavy atom. The van der Waals surface area contributed by atoms with Crippen LogP contribution >= 0.6 is 0 Å². The van der Waals surface area contributed by atoms with Gasteiger partial charge in [-0.25, -0.2) is 9.59 Å². The summed E-state index contributed by atoms with van der Waals surface area (Å²) in [4.78, 5) is 27.7. The number of carboxylic acids is 2. The molecule has 0 aromatic carbocycles. The maximum absolute atomic E-state index is 10.2. The average Bonchev–Trinajstić information content (AvgIpc) is 2.41. The van der Waals surface area contributed by atoms with E-state index < -0.39 is 11.9 Å². The maximum Gasteiger partial charge on any atom is 2.00 e. The van der Waals surface area contributed by atoms with E-state index in [-0.39, 0.29) is 49.5 Å². The van der Waals surface area contributed by atoms with Gasteiger partial charge in [0.1, 0.15) is 0 Å². The van der Waals surface area contributed by atoms with Crippen molar-refractivity contribution in [2.45, 2.75) is 0 Å². The molecule has 2 aromatic heterocycles. The van der Waals surface area contributed by atoms with Crippen LogP contribution in [0, 0.1) is 0 Å². The second-order valence-corrected chi connectivity index (χ2v) is 3.08. The van der Waals surface area contributed by atoms with Crippen LogP contribution in [0.25, 0.3) is 0 Å². The van der Waals surface area contributed by atoms with E-state index in [9.17, 15) is 9.59 Å². The molecule has 10 nitrogen and oxygen atoms in total. The molecule has 0 aliphatic rings. The molecule has 0 fully saturated rings. The smallest absolute Gasteiger partial charge is 0.870 e. The van der Waals surface area contributed by atoms with E-state index in [1.54, 1.807) is 0 Å². The monoisotopic (exact) mass is 376 g/mol. The van der Waals surface area contributed by atoms with Gasteiger partial charge in [0.2, 0.25) is 0 Å². The van der Waals surface area contributed by atoms with Gasteiger partial charge in [-0.15, -0.1) is 0 Å². The molecule has 10 N–H and O–H groups in total. The van der Waals surface area contributed by atoms with Crippen molar-refractivity contribution >= 4 is 11.9 Å². The molecule has 11 heteroatoms. The normalized spacial score (nSPS) is 6.96. The number of hydrogen-bond donors (Lipinski definition) is 2. The summed E-state index contributed by atoms with van der Waals surface area (Å²) in [6.45, 7) is 0. The molecule has 0 atom stereocenters. The van der Waals surface area contributed by atoms with Crippen molar-refractivity contribution < 1.29 is 58.2 Å². The SMILES string of the molecule is O=C(O)c1ccncc1.O=C(O)c1ccncc1.[Ni+2].[OH-].[OH-].[OH3+].[OH3+]. The molecule has 2 heterocycles. The molecular weight excluding hydrogens is 359 g/mol. The number of hydrogen-bond acceptors (Lipinski definition) is 6. The molecule has 132 valence electrons. The Morgan fingerprint density at radius 2 is 0.913 bits per heavy atom. The number of aromatic nitrogens is 2. The van der Waals surface area contributed by atoms with Gasteiger partial charge in [-0.3, -0.25) is 9.97 Å². The quantitative estimate of drug-likeness (QED) is 0.504. The molecule has 0 radical (unpaired) electrons. The third-order valence-electron chi connectivity index (χ3n) is 1.85. The van der Waals surface area contributed by atoms with Crippen molar-refractivity contribution in [1.82, 2.24) is 9.97 Å². The van der Waals surface area contributed by atoms with Gasteiger partial charge in [0.15, 0.2) is 0 Å². The van der Waals surface area contributed by atoms with Crippen LogP contribution in [-0.4, -0.2) is 43.1 Å². The summed E-state index contributed by atoms with van der Waals surface area (Å²) in [6, 6.07) is 5.79. The summed E-state index contributed by atoms with van der Waals surface area (Å²) in [5, 5.41) is 16.7. The molecule has 2 rings (SSSR count). The third-order valence-corrected chi connectivity index (χ3v) is 1.85. The van der Waals surface area contributed by atoms with E-state index in [4.69, 9.17) is 10.2 Å². The van der Waals surface area contributed by atoms with Crippen LogP contribution < -0.4 is 0 Å².